The number of benzene rings is 20. The molecule has 0 amide bonds. The molecule has 0 aliphatic heterocycles. The summed E-state index contributed by atoms with van der Waals surface area (Å²) >= 11 is 0. The fraction of sp³-hybridized carbons (Fsp3) is 0.161. The lowest BCUT2D eigenvalue weighted by molar-refractivity contribution is 0.306. The van der Waals surface area contributed by atoms with Crippen molar-refractivity contribution in [3.05, 3.63) is 620 Å². The Hall–Kier alpha value is -16.4. The number of rotatable bonds is 30. The number of anilines is 6. The highest BCUT2D eigenvalue weighted by Gasteiger charge is 2.52. The van der Waals surface area contributed by atoms with Gasteiger partial charge in [-0.15, -0.1) is 0 Å². The fourth-order valence-corrected chi connectivity index (χ4v) is 24.7. The van der Waals surface area contributed by atoms with Crippen LogP contribution in [0.2, 0.25) is 0 Å². The van der Waals surface area contributed by atoms with Gasteiger partial charge in [0.25, 0.3) is 0 Å². The molecule has 0 spiro atoms. The first kappa shape index (κ1) is 94.2. The smallest absolute Gasteiger partial charge is 0.119 e. The summed E-state index contributed by atoms with van der Waals surface area (Å²) in [5, 5.41) is 0. The minimum absolute atomic E-state index is 0.412. The maximum absolute atomic E-state index is 6.55. The third kappa shape index (κ3) is 16.7. The Labute approximate surface area is 869 Å². The molecule has 147 heavy (non-hydrogen) atoms. The van der Waals surface area contributed by atoms with Gasteiger partial charge in [-0.3, -0.25) is 0 Å². The number of aryl methyl sites for hydroxylation is 1. The zero-order valence-electron chi connectivity index (χ0n) is 85.1. The van der Waals surface area contributed by atoms with Crippen LogP contribution in [0.25, 0.3) is 44.5 Å². The van der Waals surface area contributed by atoms with Crippen molar-refractivity contribution in [2.24, 2.45) is 0 Å². The monoisotopic (exact) mass is 1900 g/mol. The summed E-state index contributed by atoms with van der Waals surface area (Å²) in [6, 6.07) is 186. The zero-order chi connectivity index (χ0) is 99.6. The van der Waals surface area contributed by atoms with Crippen molar-refractivity contribution in [1.29, 1.82) is 0 Å². The summed E-state index contributed by atoms with van der Waals surface area (Å²) in [5.74, 6) is 3.21. The van der Waals surface area contributed by atoms with Gasteiger partial charge in [0.05, 0.1) is 21.7 Å². The SMILES string of the molecule is CCC(C)c1ccc(COc2ccc(C3(c4ccc(C(C)C)cc4)c4ccccc4-c4ccc(N(c5ccccc5)c5ccc6c(c5)C(c5ccccc5)(c5ccccc5)c5ccccc5-6)cc43)cc2)cc1.CCCCCCc1ccc(C2(c3ccc(OCc4ccc(C(C)CC)cc4)cc3)c3ccccc3-c3ccc(N(c4ccccc4)c4ccc5c(c4)C(c4ccccc4)(c4ccccc4)c4ccccc4-5)cc32)cc1. The molecule has 20 aromatic rings. The topological polar surface area (TPSA) is 24.9 Å². The average molecular weight is 1900 g/mol. The second kappa shape index (κ2) is 40.7. The predicted molar refractivity (Wildman–Crippen MR) is 612 cm³/mol. The van der Waals surface area contributed by atoms with Crippen LogP contribution >= 0.6 is 0 Å². The predicted octanol–water partition coefficient (Wildman–Crippen LogP) is 37.2. The van der Waals surface area contributed by atoms with Gasteiger partial charge < -0.3 is 19.3 Å². The van der Waals surface area contributed by atoms with Crippen LogP contribution in [0.15, 0.2) is 497 Å². The Balaban J connectivity index is 0.000000162. The fourth-order valence-electron chi connectivity index (χ4n) is 24.7. The van der Waals surface area contributed by atoms with Gasteiger partial charge in [0.2, 0.25) is 0 Å². The summed E-state index contributed by atoms with van der Waals surface area (Å²) in [6.45, 7) is 16.9. The van der Waals surface area contributed by atoms with Crippen LogP contribution in [0.3, 0.4) is 0 Å². The van der Waals surface area contributed by atoms with E-state index in [1.165, 1.54) is 193 Å². The average Bonchev–Trinajstić information content (AvgIpc) is 1.55. The molecule has 4 atom stereocenters. The van der Waals surface area contributed by atoms with Crippen LogP contribution < -0.4 is 19.3 Å². The summed E-state index contributed by atoms with van der Waals surface area (Å²) in [7, 11) is 0. The minimum Gasteiger partial charge on any atom is -0.489 e. The molecule has 0 N–H and O–H groups in total. The van der Waals surface area contributed by atoms with Crippen LogP contribution in [0.5, 0.6) is 11.5 Å². The summed E-state index contributed by atoms with van der Waals surface area (Å²) in [6.07, 6.45) is 8.33. The molecule has 0 radical (unpaired) electrons. The van der Waals surface area contributed by atoms with Crippen LogP contribution in [0.1, 0.15) is 227 Å². The molecular weight excluding hydrogens is 1780 g/mol. The second-order valence-electron chi connectivity index (χ2n) is 40.9. The molecule has 4 aliphatic rings. The lowest BCUT2D eigenvalue weighted by Crippen LogP contribution is -2.29. The molecule has 4 unspecified atom stereocenters. The summed E-state index contributed by atoms with van der Waals surface area (Å²) in [5.41, 5.74) is 42.4. The van der Waals surface area contributed by atoms with Gasteiger partial charge in [-0.25, -0.2) is 0 Å². The van der Waals surface area contributed by atoms with Crippen molar-refractivity contribution in [3.63, 3.8) is 0 Å². The van der Waals surface area contributed by atoms with E-state index in [0.717, 1.165) is 64.9 Å². The van der Waals surface area contributed by atoms with E-state index in [1.807, 2.05) is 0 Å². The number of fused-ring (bicyclic) bond motifs is 12. The van der Waals surface area contributed by atoms with Crippen molar-refractivity contribution in [1.82, 2.24) is 0 Å². The van der Waals surface area contributed by atoms with Gasteiger partial charge >= 0.3 is 0 Å². The van der Waals surface area contributed by atoms with Gasteiger partial charge in [-0.2, -0.15) is 0 Å². The maximum atomic E-state index is 6.55. The van der Waals surface area contributed by atoms with E-state index in [1.54, 1.807) is 0 Å². The highest BCUT2D eigenvalue weighted by molar-refractivity contribution is 5.96. The molecular formula is C143H124N2O2. The number of ether oxygens (including phenoxy) is 2. The molecule has 0 fully saturated rings. The van der Waals surface area contributed by atoms with Crippen molar-refractivity contribution >= 4 is 34.1 Å². The molecule has 20 aromatic carbocycles. The quantitative estimate of drug-likeness (QED) is 0.0419. The van der Waals surface area contributed by atoms with E-state index in [0.29, 0.717) is 31.0 Å². The third-order valence-corrected chi connectivity index (χ3v) is 32.4. The number of unbranched alkanes of at least 4 members (excludes halogenated alkanes) is 3. The van der Waals surface area contributed by atoms with Gasteiger partial charge in [0.1, 0.15) is 24.7 Å². The molecule has 718 valence electrons. The number of nitrogens with zero attached hydrogens (tertiary/aromatic N) is 2. The first-order valence-electron chi connectivity index (χ1n) is 53.2. The Morgan fingerprint density at radius 2 is 0.449 bits per heavy atom. The Kier molecular flexibility index (Phi) is 26.1. The Morgan fingerprint density at radius 3 is 0.735 bits per heavy atom. The van der Waals surface area contributed by atoms with Crippen molar-refractivity contribution in [2.45, 2.75) is 146 Å². The highest BCUT2D eigenvalue weighted by atomic mass is 16.5. The molecule has 0 heterocycles. The summed E-state index contributed by atoms with van der Waals surface area (Å²) in [4.78, 5) is 4.94. The highest BCUT2D eigenvalue weighted by Crippen LogP contribution is 2.64. The zero-order valence-corrected chi connectivity index (χ0v) is 85.1. The lowest BCUT2D eigenvalue weighted by atomic mass is 9.67. The van der Waals surface area contributed by atoms with Crippen molar-refractivity contribution in [3.8, 4) is 56.0 Å². The Bertz CT molecular complexity index is 7970. The van der Waals surface area contributed by atoms with Crippen LogP contribution in [0, 0.1) is 0 Å². The number of hydrogen-bond donors (Lipinski definition) is 0. The van der Waals surface area contributed by atoms with Crippen molar-refractivity contribution < 1.29 is 9.47 Å². The van der Waals surface area contributed by atoms with E-state index in [-0.39, 0.29) is 0 Å². The van der Waals surface area contributed by atoms with E-state index >= 15 is 0 Å². The molecule has 0 aromatic heterocycles. The van der Waals surface area contributed by atoms with Crippen LogP contribution in [-0.4, -0.2) is 0 Å². The first-order chi connectivity index (χ1) is 72.4. The van der Waals surface area contributed by atoms with Crippen LogP contribution in [0.4, 0.5) is 34.1 Å². The maximum Gasteiger partial charge on any atom is 0.119 e. The molecule has 4 nitrogen and oxygen atoms in total. The van der Waals surface area contributed by atoms with Crippen LogP contribution in [-0.2, 0) is 41.3 Å². The molecule has 0 saturated heterocycles. The first-order valence-corrected chi connectivity index (χ1v) is 53.2. The van der Waals surface area contributed by atoms with Gasteiger partial charge in [-0.05, 0) is 307 Å². The van der Waals surface area contributed by atoms with Gasteiger partial charge in [0.15, 0.2) is 0 Å². The van der Waals surface area contributed by atoms with E-state index in [2.05, 4.69) is 556 Å². The largest absolute Gasteiger partial charge is 0.489 e. The van der Waals surface area contributed by atoms with Gasteiger partial charge in [-0.1, -0.05) is 468 Å². The minimum atomic E-state index is -0.626. The van der Waals surface area contributed by atoms with E-state index < -0.39 is 21.7 Å². The third-order valence-electron chi connectivity index (χ3n) is 32.4. The number of para-hydroxylation sites is 2. The normalized spacial score (nSPS) is 15.2. The molecule has 0 saturated carbocycles. The van der Waals surface area contributed by atoms with Crippen molar-refractivity contribution in [2.75, 3.05) is 9.80 Å². The lowest BCUT2D eigenvalue weighted by Gasteiger charge is -2.36. The summed E-state index contributed by atoms with van der Waals surface area (Å²) < 4.78 is 13.1. The molecule has 0 bridgehead atoms. The molecule has 4 heteroatoms. The second-order valence-corrected chi connectivity index (χ2v) is 40.9. The van der Waals surface area contributed by atoms with Gasteiger partial charge in [0, 0.05) is 34.1 Å². The number of hydrogen-bond acceptors (Lipinski definition) is 4. The molecule has 4 aliphatic carbocycles. The van der Waals surface area contributed by atoms with E-state index in [9.17, 15) is 0 Å². The molecule has 24 rings (SSSR count). The Morgan fingerprint density at radius 1 is 0.204 bits per heavy atom. The van der Waals surface area contributed by atoms with E-state index in [4.69, 9.17) is 9.47 Å². The standard InChI is InChI=1S/C73H65NO.C70H59NO/c1-4-6-7-11-22-53-35-39-58(40-36-53)73(59-41-45-63(46-42-59)75-51-54-33-37-55(38-34-54)52(3)5-2)69-32-21-19-30-65(69)67-48-44-62(50-71(67)73)74(60-27-16-10-17-28-60)61-43-47-66-64-29-18-20-31-68(64)72(70(66)49-61,56-23-12-8-13-24-56)57-25-14-9-15-26-57;1-5-49(4)52-31-29-50(30-32-52)47-72-60-41-37-56(38-42-60)70(55-35-33-51(34-36-55)48(2)3)66-28-18-16-26-62(66)64-44-40-59(46-68(64)70)71(57-23-13-8-14-24-57)58-39-43-63-61-25-15-17-27-65(61)69(67(63)45-58,53-19-9-6-10-20-53)54-21-11-7-12-22-54/h8-10,12-21,23-50,52H,4-7,11,22,51H2,1-3H3;6-46,48-49H,5,47H2,1-4H3.